The fourth-order valence-electron chi connectivity index (χ4n) is 12.1. The molecule has 356 valence electrons. The van der Waals surface area contributed by atoms with E-state index in [1.165, 1.54) is 134 Å². The summed E-state index contributed by atoms with van der Waals surface area (Å²) in [5.74, 6) is 9.77. The minimum Gasteiger partial charge on any atom is -0.462 e. The van der Waals surface area contributed by atoms with E-state index in [0.717, 1.165) is 84.9 Å². The molecule has 0 radical (unpaired) electrons. The van der Waals surface area contributed by atoms with Crippen LogP contribution in [0.4, 0.5) is 0 Å². The van der Waals surface area contributed by atoms with Crippen LogP contribution in [0.2, 0.25) is 0 Å². The third kappa shape index (κ3) is 19.2. The van der Waals surface area contributed by atoms with Crippen LogP contribution in [-0.4, -0.2) is 31.1 Å². The second-order valence-electron chi connectivity index (χ2n) is 23.4. The van der Waals surface area contributed by atoms with Gasteiger partial charge in [0.25, 0.3) is 0 Å². The number of carbonyl (C=O) groups excluding carboxylic acids is 1. The van der Waals surface area contributed by atoms with Gasteiger partial charge in [-0.3, -0.25) is 4.79 Å². The van der Waals surface area contributed by atoms with Crippen LogP contribution in [0.3, 0.4) is 0 Å². The fraction of sp³-hybridized carbons (Fsp3) is 0.879. The Labute approximate surface area is 384 Å². The molecule has 0 heterocycles. The summed E-state index contributed by atoms with van der Waals surface area (Å²) in [5, 5.41) is 0. The van der Waals surface area contributed by atoms with E-state index < -0.39 is 0 Å². The lowest BCUT2D eigenvalue weighted by molar-refractivity contribution is -0.157. The first-order valence-electron chi connectivity index (χ1n) is 27.4. The van der Waals surface area contributed by atoms with Crippen molar-refractivity contribution in [1.29, 1.82) is 0 Å². The Bertz CT molecular complexity index is 1240. The third-order valence-corrected chi connectivity index (χ3v) is 17.5. The number of benzene rings is 1. The average molecular weight is 861 g/mol. The van der Waals surface area contributed by atoms with Gasteiger partial charge in [-0.15, -0.1) is 0 Å². The van der Waals surface area contributed by atoms with Crippen molar-refractivity contribution in [3.05, 3.63) is 35.4 Å². The van der Waals surface area contributed by atoms with E-state index in [9.17, 15) is 4.79 Å². The van der Waals surface area contributed by atoms with Crippen molar-refractivity contribution in [2.24, 2.45) is 59.2 Å². The molecule has 7 saturated carbocycles. The molecule has 0 saturated heterocycles. The quantitative estimate of drug-likeness (QED) is 0.193. The SMILES string of the molecule is CC1CCC(C2CCC(C)CC2)CC1.CC1CCC(OC(=O)C2CCC(C)CC2)CC1.CC1CCC(OCOC2CCC(C)CC2)CC1.Cc1ccc(C2CCC(C)CC2)cc1. The standard InChI is InChI=1S/C15H28O2.C15H26O2.C14H26.C14H20/c1-12-3-7-14(8-4-12)16-11-17-15-9-5-13(2)6-10-15;1-11-3-7-13(8-4-11)15(16)17-14-9-5-12(2)6-10-14;2*1-11-3-7-13(8-4-11)14-9-5-12(2)6-10-14/h12-15H,3-11H2,1-2H3;11-14H,3-10H2,1-2H3;11-14H,3-10H2,1-2H3;3-4,7-8,12,14H,5-6,9-10H2,1-2H3. The molecule has 0 N–H and O–H groups in total. The highest BCUT2D eigenvalue weighted by Crippen LogP contribution is 2.41. The van der Waals surface area contributed by atoms with Gasteiger partial charge in [0.2, 0.25) is 0 Å². The van der Waals surface area contributed by atoms with Crippen molar-refractivity contribution in [2.75, 3.05) is 6.79 Å². The maximum Gasteiger partial charge on any atom is 0.309 e. The Morgan fingerprint density at radius 2 is 0.710 bits per heavy atom. The van der Waals surface area contributed by atoms with Crippen LogP contribution in [0.1, 0.15) is 245 Å². The van der Waals surface area contributed by atoms with E-state index in [-0.39, 0.29) is 18.0 Å². The molecule has 0 atom stereocenters. The molecule has 7 aliphatic carbocycles. The molecule has 0 spiro atoms. The normalized spacial score (nSPS) is 37.7. The van der Waals surface area contributed by atoms with Crippen LogP contribution in [0.5, 0.6) is 0 Å². The fourth-order valence-corrected chi connectivity index (χ4v) is 12.1. The molecule has 0 bridgehead atoms. The lowest BCUT2D eigenvalue weighted by Gasteiger charge is -2.36. The van der Waals surface area contributed by atoms with Gasteiger partial charge < -0.3 is 14.2 Å². The summed E-state index contributed by atoms with van der Waals surface area (Å²) in [6.07, 6.45) is 38.3. The second-order valence-corrected chi connectivity index (χ2v) is 23.4. The van der Waals surface area contributed by atoms with Crippen molar-refractivity contribution in [2.45, 2.75) is 259 Å². The number of ether oxygens (including phenoxy) is 3. The van der Waals surface area contributed by atoms with Gasteiger partial charge in [0.15, 0.2) is 0 Å². The van der Waals surface area contributed by atoms with Crippen molar-refractivity contribution < 1.29 is 19.0 Å². The van der Waals surface area contributed by atoms with Crippen molar-refractivity contribution in [3.8, 4) is 0 Å². The lowest BCUT2D eigenvalue weighted by Crippen LogP contribution is -2.29. The number of carbonyl (C=O) groups is 1. The Morgan fingerprint density at radius 3 is 1.08 bits per heavy atom. The van der Waals surface area contributed by atoms with E-state index in [0.29, 0.717) is 19.0 Å². The van der Waals surface area contributed by atoms with E-state index in [1.54, 1.807) is 31.2 Å². The molecular weight excluding hydrogens is 761 g/mol. The summed E-state index contributed by atoms with van der Waals surface area (Å²) in [6, 6.07) is 9.12. The van der Waals surface area contributed by atoms with Gasteiger partial charge in [0.1, 0.15) is 12.9 Å². The van der Waals surface area contributed by atoms with Crippen LogP contribution in [-0.2, 0) is 19.0 Å². The first-order chi connectivity index (χ1) is 29.9. The molecule has 1 aromatic carbocycles. The van der Waals surface area contributed by atoms with E-state index in [4.69, 9.17) is 14.2 Å². The van der Waals surface area contributed by atoms with Crippen LogP contribution in [0, 0.1) is 66.1 Å². The molecule has 4 heteroatoms. The zero-order valence-corrected chi connectivity index (χ0v) is 42.0. The van der Waals surface area contributed by atoms with Gasteiger partial charge >= 0.3 is 5.97 Å². The number of rotatable bonds is 8. The van der Waals surface area contributed by atoms with Gasteiger partial charge in [0.05, 0.1) is 18.1 Å². The predicted octanol–water partition coefficient (Wildman–Crippen LogP) is 17.0. The highest BCUT2D eigenvalue weighted by Gasteiger charge is 2.30. The molecule has 0 unspecified atom stereocenters. The first-order valence-corrected chi connectivity index (χ1v) is 27.4. The van der Waals surface area contributed by atoms with Gasteiger partial charge in [-0.1, -0.05) is 117 Å². The molecular formula is C58H100O4. The largest absolute Gasteiger partial charge is 0.462 e. The Morgan fingerprint density at radius 1 is 0.403 bits per heavy atom. The summed E-state index contributed by atoms with van der Waals surface area (Å²) in [6.45, 7) is 19.2. The third-order valence-electron chi connectivity index (χ3n) is 17.5. The maximum absolute atomic E-state index is 12.0. The lowest BCUT2D eigenvalue weighted by atomic mass is 9.70. The maximum atomic E-state index is 12.0. The molecule has 62 heavy (non-hydrogen) atoms. The molecule has 0 aromatic heterocycles. The zero-order valence-electron chi connectivity index (χ0n) is 42.0. The summed E-state index contributed by atoms with van der Waals surface area (Å²) >= 11 is 0. The average Bonchev–Trinajstić information content (AvgIpc) is 3.28. The first kappa shape index (κ1) is 51.6. The van der Waals surface area contributed by atoms with E-state index in [2.05, 4.69) is 79.7 Å². The van der Waals surface area contributed by atoms with E-state index in [1.807, 2.05) is 0 Å². The molecule has 0 amide bonds. The predicted molar refractivity (Wildman–Crippen MR) is 262 cm³/mol. The van der Waals surface area contributed by atoms with Crippen molar-refractivity contribution in [1.82, 2.24) is 0 Å². The highest BCUT2D eigenvalue weighted by molar-refractivity contribution is 5.72. The molecule has 7 fully saturated rings. The molecule has 8 rings (SSSR count). The number of hydrogen-bond donors (Lipinski definition) is 0. The minimum absolute atomic E-state index is 0.0939. The smallest absolute Gasteiger partial charge is 0.309 e. The highest BCUT2D eigenvalue weighted by atomic mass is 16.7. The number of esters is 1. The van der Waals surface area contributed by atoms with Crippen LogP contribution in [0.25, 0.3) is 0 Å². The zero-order chi connectivity index (χ0) is 44.3. The minimum atomic E-state index is 0.0939. The molecule has 4 nitrogen and oxygen atoms in total. The molecule has 0 aliphatic heterocycles. The number of aryl methyl sites for hydroxylation is 1. The van der Waals surface area contributed by atoms with Crippen molar-refractivity contribution >= 4 is 5.97 Å². The topological polar surface area (TPSA) is 44.8 Å². The summed E-state index contributed by atoms with van der Waals surface area (Å²) < 4.78 is 17.4. The Kier molecular flexibility index (Phi) is 23.2. The monoisotopic (exact) mass is 861 g/mol. The Hall–Kier alpha value is -1.39. The van der Waals surface area contributed by atoms with Crippen LogP contribution >= 0.6 is 0 Å². The van der Waals surface area contributed by atoms with Crippen LogP contribution < -0.4 is 0 Å². The second kappa shape index (κ2) is 27.9. The van der Waals surface area contributed by atoms with Gasteiger partial charge in [-0.2, -0.15) is 0 Å². The molecule has 1 aromatic rings. The van der Waals surface area contributed by atoms with Crippen LogP contribution in [0.15, 0.2) is 24.3 Å². The summed E-state index contributed by atoms with van der Waals surface area (Å²) in [7, 11) is 0. The summed E-state index contributed by atoms with van der Waals surface area (Å²) in [5.41, 5.74) is 2.93. The molecule has 7 aliphatic rings. The summed E-state index contributed by atoms with van der Waals surface area (Å²) in [4.78, 5) is 12.0. The Balaban J connectivity index is 0.000000157. The number of hydrogen-bond acceptors (Lipinski definition) is 4. The van der Waals surface area contributed by atoms with Gasteiger partial charge in [-0.05, 0) is 213 Å². The van der Waals surface area contributed by atoms with Gasteiger partial charge in [-0.25, -0.2) is 0 Å². The van der Waals surface area contributed by atoms with E-state index >= 15 is 0 Å². The van der Waals surface area contributed by atoms with Gasteiger partial charge in [0, 0.05) is 0 Å². The van der Waals surface area contributed by atoms with Crippen molar-refractivity contribution in [3.63, 3.8) is 0 Å².